The van der Waals surface area contributed by atoms with Crippen molar-refractivity contribution in [2.24, 2.45) is 5.92 Å². The van der Waals surface area contributed by atoms with Gasteiger partial charge in [-0.2, -0.15) is 13.2 Å². The van der Waals surface area contributed by atoms with E-state index < -0.39 is 52.1 Å². The Kier molecular flexibility index (Phi) is 5.54. The molecule has 1 aromatic heterocycles. The minimum Gasteiger partial charge on any atom is -0.497 e. The van der Waals surface area contributed by atoms with Crippen LogP contribution in [0.25, 0.3) is 5.69 Å². The van der Waals surface area contributed by atoms with Gasteiger partial charge in [-0.3, -0.25) is 19.4 Å². The van der Waals surface area contributed by atoms with Gasteiger partial charge in [0.15, 0.2) is 0 Å². The summed E-state index contributed by atoms with van der Waals surface area (Å²) in [6, 6.07) is 5.66. The van der Waals surface area contributed by atoms with Crippen LogP contribution in [0.4, 0.5) is 19.0 Å². The van der Waals surface area contributed by atoms with E-state index in [2.05, 4.69) is 0 Å². The van der Waals surface area contributed by atoms with Gasteiger partial charge >= 0.3 is 11.9 Å². The number of alkyl halides is 3. The monoisotopic (exact) mass is 466 g/mol. The molecule has 4 rings (SSSR count). The molecular formula is C21H21F3N4O5. The summed E-state index contributed by atoms with van der Waals surface area (Å²) in [5, 5.41) is 3.85. The summed E-state index contributed by atoms with van der Waals surface area (Å²) in [4.78, 5) is 52.7. The number of rotatable bonds is 4. The Hall–Kier alpha value is -3.57. The third kappa shape index (κ3) is 3.58. The molecule has 33 heavy (non-hydrogen) atoms. The van der Waals surface area contributed by atoms with E-state index in [4.69, 9.17) is 4.74 Å². The van der Waals surface area contributed by atoms with Gasteiger partial charge in [-0.25, -0.2) is 9.36 Å². The van der Waals surface area contributed by atoms with Crippen LogP contribution in [0.2, 0.25) is 0 Å². The first-order chi connectivity index (χ1) is 15.6. The maximum absolute atomic E-state index is 14.5. The highest BCUT2D eigenvalue weighted by Crippen LogP contribution is 2.45. The second kappa shape index (κ2) is 8.09. The molecule has 0 spiro atoms. The average Bonchev–Trinajstić information content (AvgIpc) is 3.07. The second-order valence-electron chi connectivity index (χ2n) is 8.04. The highest BCUT2D eigenvalue weighted by Gasteiger charge is 2.68. The van der Waals surface area contributed by atoms with E-state index in [0.717, 1.165) is 11.0 Å². The van der Waals surface area contributed by atoms with Crippen LogP contribution in [0.15, 0.2) is 33.9 Å². The van der Waals surface area contributed by atoms with Crippen LogP contribution in [-0.2, 0) is 15.1 Å². The number of hydrogen-bond acceptors (Lipinski definition) is 5. The van der Waals surface area contributed by atoms with Crippen molar-refractivity contribution in [2.75, 3.05) is 12.4 Å². The predicted octanol–water partition coefficient (Wildman–Crippen LogP) is 1.94. The molecular weight excluding hydrogens is 445 g/mol. The predicted molar refractivity (Wildman–Crippen MR) is 110 cm³/mol. The number of ether oxygens (including phenoxy) is 1. The van der Waals surface area contributed by atoms with Crippen molar-refractivity contribution < 1.29 is 27.5 Å². The summed E-state index contributed by atoms with van der Waals surface area (Å²) in [5.41, 5.74) is -7.11. The summed E-state index contributed by atoms with van der Waals surface area (Å²) in [6.07, 6.45) is -2.37. The van der Waals surface area contributed by atoms with Crippen molar-refractivity contribution in [2.45, 2.75) is 43.8 Å². The van der Waals surface area contributed by atoms with Crippen LogP contribution in [0.5, 0.6) is 5.75 Å². The van der Waals surface area contributed by atoms with Crippen LogP contribution < -0.4 is 26.6 Å². The van der Waals surface area contributed by atoms with Crippen molar-refractivity contribution >= 4 is 17.6 Å². The first-order valence-electron chi connectivity index (χ1n) is 10.3. The molecule has 9 nitrogen and oxygen atoms in total. The van der Waals surface area contributed by atoms with Gasteiger partial charge in [-0.15, -0.1) is 0 Å². The molecule has 0 saturated heterocycles. The molecule has 3 N–H and O–H groups in total. The summed E-state index contributed by atoms with van der Waals surface area (Å²) in [7, 11) is 1.41. The van der Waals surface area contributed by atoms with Crippen molar-refractivity contribution in [3.63, 3.8) is 0 Å². The molecule has 0 unspecified atom stereocenters. The lowest BCUT2D eigenvalue weighted by molar-refractivity contribution is -0.201. The van der Waals surface area contributed by atoms with E-state index in [1.54, 1.807) is 0 Å². The van der Waals surface area contributed by atoms with E-state index in [1.807, 2.05) is 15.6 Å². The Morgan fingerprint density at radius 2 is 1.76 bits per heavy atom. The van der Waals surface area contributed by atoms with Crippen molar-refractivity contribution in [1.29, 1.82) is 0 Å². The maximum Gasteiger partial charge on any atom is 0.425 e. The fraction of sp³-hybridized carbons (Fsp3) is 0.429. The van der Waals surface area contributed by atoms with Crippen molar-refractivity contribution in [1.82, 2.24) is 14.9 Å². The van der Waals surface area contributed by atoms with E-state index in [1.165, 1.54) is 31.4 Å². The number of hydrogen-bond donors (Lipinski definition) is 3. The van der Waals surface area contributed by atoms with Gasteiger partial charge in [0.2, 0.25) is 11.4 Å². The molecule has 0 bridgehead atoms. The Morgan fingerprint density at radius 1 is 1.12 bits per heavy atom. The molecule has 2 aliphatic rings. The van der Waals surface area contributed by atoms with Crippen LogP contribution >= 0.6 is 0 Å². The van der Waals surface area contributed by atoms with Gasteiger partial charge in [-0.05, 0) is 37.1 Å². The number of aromatic amines is 1. The molecule has 12 heteroatoms. The maximum atomic E-state index is 14.5. The van der Waals surface area contributed by atoms with Gasteiger partial charge in [0.05, 0.1) is 12.8 Å². The molecule has 176 valence electrons. The highest BCUT2D eigenvalue weighted by molar-refractivity contribution is 6.08. The minimum atomic E-state index is -5.36. The van der Waals surface area contributed by atoms with Crippen molar-refractivity contribution in [3.8, 4) is 11.4 Å². The number of halogens is 3. The van der Waals surface area contributed by atoms with Crippen LogP contribution in [0, 0.1) is 5.92 Å². The SMILES string of the molecule is COc1ccc(-n2c3c(c(=O)[nH]c2=O)[C@](NC(=O)C2CCCCC2)(C(F)(F)F)C(=O)N3)cc1. The topological polar surface area (TPSA) is 122 Å². The number of benzene rings is 1. The summed E-state index contributed by atoms with van der Waals surface area (Å²) in [5.74, 6) is -3.56. The average molecular weight is 466 g/mol. The minimum absolute atomic E-state index is 0.0742. The molecule has 2 amide bonds. The number of fused-ring (bicyclic) bond motifs is 1. The zero-order chi connectivity index (χ0) is 24.0. The van der Waals surface area contributed by atoms with Crippen molar-refractivity contribution in [3.05, 3.63) is 50.7 Å². The quantitative estimate of drug-likeness (QED) is 0.636. The number of H-pyrrole nitrogens is 1. The zero-order valence-electron chi connectivity index (χ0n) is 17.5. The lowest BCUT2D eigenvalue weighted by Crippen LogP contribution is -2.63. The van der Waals surface area contributed by atoms with E-state index in [9.17, 15) is 32.3 Å². The Bertz CT molecular complexity index is 1210. The normalized spacial score (nSPS) is 20.8. The van der Waals surface area contributed by atoms with Gasteiger partial charge < -0.3 is 15.4 Å². The van der Waals surface area contributed by atoms with Gasteiger partial charge in [-0.1, -0.05) is 19.3 Å². The Balaban J connectivity index is 1.90. The van der Waals surface area contributed by atoms with Crippen LogP contribution in [-0.4, -0.2) is 34.7 Å². The van der Waals surface area contributed by atoms with E-state index >= 15 is 0 Å². The molecule has 1 aliphatic heterocycles. The standard InChI is InChI=1S/C21H21F3N4O5/c1-33-13-9-7-12(8-10-13)28-15-14(17(30)26-19(28)32)20(18(31)25-15,21(22,23)24)27-16(29)11-5-3-2-4-6-11/h7-11H,2-6H2,1H3,(H,25,31)(H,27,29)(H,26,30,32)/t20-/m1/s1. The van der Waals surface area contributed by atoms with E-state index in [0.29, 0.717) is 31.4 Å². The number of methoxy groups -OCH3 is 1. The third-order valence-electron chi connectivity index (χ3n) is 6.10. The largest absolute Gasteiger partial charge is 0.497 e. The van der Waals surface area contributed by atoms with Crippen LogP contribution in [0.1, 0.15) is 37.7 Å². The molecule has 1 aliphatic carbocycles. The molecule has 1 atom stereocenters. The molecule has 2 heterocycles. The number of amides is 2. The fourth-order valence-electron chi connectivity index (χ4n) is 4.41. The molecule has 1 fully saturated rings. The number of aromatic nitrogens is 2. The lowest BCUT2D eigenvalue weighted by Gasteiger charge is -2.32. The van der Waals surface area contributed by atoms with Gasteiger partial charge in [0.25, 0.3) is 11.5 Å². The van der Waals surface area contributed by atoms with Gasteiger partial charge in [0.1, 0.15) is 17.1 Å². The zero-order valence-corrected chi connectivity index (χ0v) is 17.5. The fourth-order valence-corrected chi connectivity index (χ4v) is 4.41. The molecule has 0 radical (unpaired) electrons. The summed E-state index contributed by atoms with van der Waals surface area (Å²) < 4.78 is 49.1. The molecule has 1 saturated carbocycles. The highest BCUT2D eigenvalue weighted by atomic mass is 19.4. The first kappa shape index (κ1) is 22.6. The Morgan fingerprint density at radius 3 is 2.33 bits per heavy atom. The first-order valence-corrected chi connectivity index (χ1v) is 10.3. The molecule has 2 aromatic rings. The lowest BCUT2D eigenvalue weighted by atomic mass is 9.86. The number of carbonyl (C=O) groups is 2. The Labute approximate surface area is 184 Å². The number of nitrogens with zero attached hydrogens (tertiary/aromatic N) is 1. The summed E-state index contributed by atoms with van der Waals surface area (Å²) >= 11 is 0. The van der Waals surface area contributed by atoms with Crippen LogP contribution in [0.3, 0.4) is 0 Å². The second-order valence-corrected chi connectivity index (χ2v) is 8.04. The van der Waals surface area contributed by atoms with Gasteiger partial charge in [0, 0.05) is 5.92 Å². The number of anilines is 1. The molecule has 1 aromatic carbocycles. The number of carbonyl (C=O) groups excluding carboxylic acids is 2. The third-order valence-corrected chi connectivity index (χ3v) is 6.10. The number of nitrogens with one attached hydrogen (secondary N) is 3. The summed E-state index contributed by atoms with van der Waals surface area (Å²) in [6.45, 7) is 0. The smallest absolute Gasteiger partial charge is 0.425 e. The van der Waals surface area contributed by atoms with E-state index in [-0.39, 0.29) is 5.69 Å².